The molecule has 0 heterocycles. The van der Waals surface area contributed by atoms with Gasteiger partial charge in [-0.3, -0.25) is 0 Å². The van der Waals surface area contributed by atoms with Crippen LogP contribution in [0.3, 0.4) is 0 Å². The van der Waals surface area contributed by atoms with E-state index in [4.69, 9.17) is 21.4 Å². The first-order valence-electron chi connectivity index (χ1n) is 3.89. The van der Waals surface area contributed by atoms with E-state index in [-0.39, 0.29) is 17.4 Å². The molecular formula is C10H9ClO3. The van der Waals surface area contributed by atoms with Crippen LogP contribution in [0.15, 0.2) is 35.9 Å². The Kier molecular flexibility index (Phi) is 3.54. The van der Waals surface area contributed by atoms with Crippen molar-refractivity contribution in [2.75, 3.05) is 0 Å². The van der Waals surface area contributed by atoms with Gasteiger partial charge in [-0.2, -0.15) is 0 Å². The molecule has 1 aromatic carbocycles. The molecule has 0 aliphatic carbocycles. The Morgan fingerprint density at radius 2 is 2.00 bits per heavy atom. The highest BCUT2D eigenvalue weighted by molar-refractivity contribution is 6.40. The van der Waals surface area contributed by atoms with Crippen molar-refractivity contribution < 1.29 is 14.6 Å². The van der Waals surface area contributed by atoms with Crippen molar-refractivity contribution in [3.8, 4) is 5.75 Å². The van der Waals surface area contributed by atoms with Crippen LogP contribution in [0.5, 0.6) is 5.75 Å². The Morgan fingerprint density at radius 3 is 2.50 bits per heavy atom. The lowest BCUT2D eigenvalue weighted by Gasteiger charge is -2.03. The molecule has 1 N–H and O–H groups in total. The molecule has 0 unspecified atom stereocenters. The van der Waals surface area contributed by atoms with Crippen molar-refractivity contribution in [3.63, 3.8) is 0 Å². The molecule has 1 rings (SSSR count). The number of halogens is 1. The second-order valence-electron chi connectivity index (χ2n) is 2.65. The van der Waals surface area contributed by atoms with E-state index in [0.717, 1.165) is 5.56 Å². The molecule has 0 radical (unpaired) electrons. The van der Waals surface area contributed by atoms with E-state index in [9.17, 15) is 4.79 Å². The van der Waals surface area contributed by atoms with Gasteiger partial charge in [-0.1, -0.05) is 30.3 Å². The lowest BCUT2D eigenvalue weighted by atomic mass is 10.2. The summed E-state index contributed by atoms with van der Waals surface area (Å²) >= 11 is 5.31. The van der Waals surface area contributed by atoms with E-state index in [0.29, 0.717) is 0 Å². The normalized spacial score (nSPS) is 9.50. The number of hydrogen-bond acceptors (Lipinski definition) is 3. The van der Waals surface area contributed by atoms with Crippen molar-refractivity contribution in [3.05, 3.63) is 41.4 Å². The van der Waals surface area contributed by atoms with Crippen molar-refractivity contribution in [1.82, 2.24) is 0 Å². The lowest BCUT2D eigenvalue weighted by molar-refractivity contribution is -0.139. The van der Waals surface area contributed by atoms with Gasteiger partial charge < -0.3 is 9.84 Å². The molecule has 4 heteroatoms. The average Bonchev–Trinajstić information content (AvgIpc) is 2.16. The van der Waals surface area contributed by atoms with E-state index in [1.165, 1.54) is 12.1 Å². The van der Waals surface area contributed by atoms with Crippen LogP contribution in [0.25, 0.3) is 0 Å². The molecule has 0 spiro atoms. The van der Waals surface area contributed by atoms with Crippen LogP contribution in [0.4, 0.5) is 0 Å². The highest BCUT2D eigenvalue weighted by Crippen LogP contribution is 2.11. The van der Waals surface area contributed by atoms with Crippen LogP contribution < -0.4 is 0 Å². The molecule has 0 aromatic heterocycles. The number of phenols is 1. The predicted octanol–water partition coefficient (Wildman–Crippen LogP) is 2.19. The molecule has 0 saturated heterocycles. The minimum atomic E-state index is -0.639. The quantitative estimate of drug-likeness (QED) is 0.617. The van der Waals surface area contributed by atoms with Crippen molar-refractivity contribution in [2.24, 2.45) is 0 Å². The molecule has 0 atom stereocenters. The van der Waals surface area contributed by atoms with Crippen LogP contribution in [0.2, 0.25) is 0 Å². The van der Waals surface area contributed by atoms with Gasteiger partial charge >= 0.3 is 5.97 Å². The lowest BCUT2D eigenvalue weighted by Crippen LogP contribution is -2.03. The Bertz CT molecular complexity index is 343. The summed E-state index contributed by atoms with van der Waals surface area (Å²) in [5.74, 6) is -0.471. The SMILES string of the molecule is C=C(Cl)C(=O)OCc1ccc(O)cc1. The Hall–Kier alpha value is -1.48. The minimum Gasteiger partial charge on any atom is -0.508 e. The van der Waals surface area contributed by atoms with Gasteiger partial charge in [0.15, 0.2) is 0 Å². The summed E-state index contributed by atoms with van der Waals surface area (Å²) in [7, 11) is 0. The summed E-state index contributed by atoms with van der Waals surface area (Å²) in [6.45, 7) is 3.35. The van der Waals surface area contributed by atoms with Gasteiger partial charge in [0, 0.05) is 0 Å². The zero-order valence-corrected chi connectivity index (χ0v) is 8.12. The van der Waals surface area contributed by atoms with Crippen LogP contribution in [0, 0.1) is 0 Å². The number of ether oxygens (including phenoxy) is 1. The molecule has 0 amide bonds. The van der Waals surface area contributed by atoms with Crippen molar-refractivity contribution >= 4 is 17.6 Å². The van der Waals surface area contributed by atoms with Crippen molar-refractivity contribution in [1.29, 1.82) is 0 Å². The molecule has 0 fully saturated rings. The zero-order valence-electron chi connectivity index (χ0n) is 7.37. The Balaban J connectivity index is 2.50. The van der Waals surface area contributed by atoms with E-state index >= 15 is 0 Å². The second-order valence-corrected chi connectivity index (χ2v) is 3.10. The van der Waals surface area contributed by atoms with Gasteiger partial charge in [0.25, 0.3) is 0 Å². The first kappa shape index (κ1) is 10.6. The number of esters is 1. The summed E-state index contributed by atoms with van der Waals surface area (Å²) in [6, 6.07) is 6.33. The summed E-state index contributed by atoms with van der Waals surface area (Å²) in [5, 5.41) is 8.83. The van der Waals surface area contributed by atoms with Crippen LogP contribution in [0.1, 0.15) is 5.56 Å². The first-order chi connectivity index (χ1) is 6.59. The fraction of sp³-hybridized carbons (Fsp3) is 0.100. The molecule has 3 nitrogen and oxygen atoms in total. The molecule has 0 aliphatic rings. The number of phenolic OH excluding ortho intramolecular Hbond substituents is 1. The standard InChI is InChI=1S/C10H9ClO3/c1-7(11)10(13)14-6-8-2-4-9(12)5-3-8/h2-5,12H,1,6H2. The molecule has 0 bridgehead atoms. The summed E-state index contributed by atoms with van der Waals surface area (Å²) in [4.78, 5) is 10.9. The molecular weight excluding hydrogens is 204 g/mol. The maximum Gasteiger partial charge on any atom is 0.349 e. The van der Waals surface area contributed by atoms with Gasteiger partial charge in [0.05, 0.1) is 0 Å². The third-order valence-corrected chi connectivity index (χ3v) is 1.68. The Labute approximate surface area is 86.6 Å². The third kappa shape index (κ3) is 3.11. The number of rotatable bonds is 3. The topological polar surface area (TPSA) is 46.5 Å². The highest BCUT2D eigenvalue weighted by Gasteiger charge is 2.04. The van der Waals surface area contributed by atoms with Gasteiger partial charge in [0.1, 0.15) is 17.4 Å². The first-order valence-corrected chi connectivity index (χ1v) is 4.27. The van der Waals surface area contributed by atoms with E-state index in [1.54, 1.807) is 12.1 Å². The maximum atomic E-state index is 10.9. The zero-order chi connectivity index (χ0) is 10.6. The maximum absolute atomic E-state index is 10.9. The number of benzene rings is 1. The third-order valence-electron chi connectivity index (χ3n) is 1.53. The predicted molar refractivity (Wildman–Crippen MR) is 52.9 cm³/mol. The van der Waals surface area contributed by atoms with Crippen molar-refractivity contribution in [2.45, 2.75) is 6.61 Å². The Morgan fingerprint density at radius 1 is 1.43 bits per heavy atom. The molecule has 0 saturated carbocycles. The van der Waals surface area contributed by atoms with E-state index in [2.05, 4.69) is 6.58 Å². The smallest absolute Gasteiger partial charge is 0.349 e. The number of carbonyl (C=O) groups is 1. The van der Waals surface area contributed by atoms with Gasteiger partial charge in [-0.25, -0.2) is 4.79 Å². The largest absolute Gasteiger partial charge is 0.508 e. The van der Waals surface area contributed by atoms with Crippen LogP contribution >= 0.6 is 11.6 Å². The van der Waals surface area contributed by atoms with Gasteiger partial charge in [-0.15, -0.1) is 0 Å². The summed E-state index contributed by atoms with van der Waals surface area (Å²) in [6.07, 6.45) is 0. The average molecular weight is 213 g/mol. The highest BCUT2D eigenvalue weighted by atomic mass is 35.5. The second kappa shape index (κ2) is 4.67. The monoisotopic (exact) mass is 212 g/mol. The van der Waals surface area contributed by atoms with Gasteiger partial charge in [-0.05, 0) is 17.7 Å². The summed E-state index contributed by atoms with van der Waals surface area (Å²) in [5.41, 5.74) is 0.772. The molecule has 14 heavy (non-hydrogen) atoms. The number of aromatic hydroxyl groups is 1. The minimum absolute atomic E-state index is 0.116. The molecule has 74 valence electrons. The van der Waals surface area contributed by atoms with E-state index in [1.807, 2.05) is 0 Å². The molecule has 0 aliphatic heterocycles. The fourth-order valence-electron chi connectivity index (χ4n) is 0.819. The van der Waals surface area contributed by atoms with Crippen LogP contribution in [-0.2, 0) is 16.1 Å². The van der Waals surface area contributed by atoms with Gasteiger partial charge in [0.2, 0.25) is 0 Å². The summed E-state index contributed by atoms with van der Waals surface area (Å²) < 4.78 is 4.78. The number of carbonyl (C=O) groups excluding carboxylic acids is 1. The van der Waals surface area contributed by atoms with Crippen LogP contribution in [-0.4, -0.2) is 11.1 Å². The molecule has 1 aromatic rings. The fourth-order valence-corrected chi connectivity index (χ4v) is 0.874. The van der Waals surface area contributed by atoms with E-state index < -0.39 is 5.97 Å². The number of hydrogen-bond donors (Lipinski definition) is 1.